The quantitative estimate of drug-likeness (QED) is 0.266. The Hall–Kier alpha value is -1.86. The van der Waals surface area contributed by atoms with Crippen LogP contribution in [0.15, 0.2) is 48.6 Å². The van der Waals surface area contributed by atoms with E-state index in [9.17, 15) is 20.1 Å². The molecule has 0 aliphatic heterocycles. The van der Waals surface area contributed by atoms with Gasteiger partial charge in [0.05, 0.1) is 24.9 Å². The predicted octanol–water partition coefficient (Wildman–Crippen LogP) is 3.98. The van der Waals surface area contributed by atoms with Gasteiger partial charge in [-0.05, 0) is 56.2 Å². The number of carboxylic acids is 1. The molecule has 1 aromatic rings. The van der Waals surface area contributed by atoms with Crippen molar-refractivity contribution in [3.63, 3.8) is 0 Å². The van der Waals surface area contributed by atoms with Crippen LogP contribution < -0.4 is 4.74 Å². The molecule has 4 N–H and O–H groups in total. The smallest absolute Gasteiger partial charge is 0.303 e. The molecule has 1 fully saturated rings. The lowest BCUT2D eigenvalue weighted by molar-refractivity contribution is -0.137. The highest BCUT2D eigenvalue weighted by atomic mass is 35.5. The number of allylic oxidation sites excluding steroid dienone is 2. The molecular formula is C24H33ClO6. The number of ether oxygens (including phenoxy) is 1. The van der Waals surface area contributed by atoms with E-state index in [1.54, 1.807) is 18.2 Å². The molecule has 0 amide bonds. The summed E-state index contributed by atoms with van der Waals surface area (Å²) < 4.78 is 5.62. The topological polar surface area (TPSA) is 107 Å². The van der Waals surface area contributed by atoms with Gasteiger partial charge in [0.15, 0.2) is 0 Å². The molecule has 0 unspecified atom stereocenters. The maximum absolute atomic E-state index is 10.5. The highest BCUT2D eigenvalue weighted by molar-refractivity contribution is 6.30. The number of carbonyl (C=O) groups is 1. The number of unbranched alkanes of at least 4 members (excludes halogenated alkanes) is 1. The Balaban J connectivity index is 1.74. The zero-order valence-corrected chi connectivity index (χ0v) is 18.4. The third-order valence-electron chi connectivity index (χ3n) is 5.52. The summed E-state index contributed by atoms with van der Waals surface area (Å²) in [6.07, 6.45) is 8.98. The maximum atomic E-state index is 10.5. The molecule has 0 spiro atoms. The van der Waals surface area contributed by atoms with Crippen LogP contribution in [0, 0.1) is 11.8 Å². The van der Waals surface area contributed by atoms with Crippen molar-refractivity contribution in [2.24, 2.45) is 11.8 Å². The first-order valence-corrected chi connectivity index (χ1v) is 11.2. The van der Waals surface area contributed by atoms with E-state index in [1.807, 2.05) is 30.4 Å². The Kier molecular flexibility index (Phi) is 11.1. The van der Waals surface area contributed by atoms with E-state index < -0.39 is 24.3 Å². The molecule has 7 heteroatoms. The number of aliphatic hydroxyl groups is 3. The Morgan fingerprint density at radius 1 is 1.23 bits per heavy atom. The third kappa shape index (κ3) is 9.44. The zero-order chi connectivity index (χ0) is 22.6. The molecule has 5 atom stereocenters. The van der Waals surface area contributed by atoms with Crippen molar-refractivity contribution in [1.82, 2.24) is 0 Å². The summed E-state index contributed by atoms with van der Waals surface area (Å²) in [6, 6.07) is 7.17. The summed E-state index contributed by atoms with van der Waals surface area (Å²) >= 11 is 5.92. The van der Waals surface area contributed by atoms with Gasteiger partial charge in [-0.2, -0.15) is 0 Å². The average Bonchev–Trinajstić information content (AvgIpc) is 2.98. The van der Waals surface area contributed by atoms with Crippen LogP contribution in [-0.2, 0) is 4.79 Å². The van der Waals surface area contributed by atoms with E-state index in [-0.39, 0.29) is 18.3 Å². The monoisotopic (exact) mass is 452 g/mol. The second-order valence-electron chi connectivity index (χ2n) is 8.00. The summed E-state index contributed by atoms with van der Waals surface area (Å²) in [5, 5.41) is 40.1. The van der Waals surface area contributed by atoms with Gasteiger partial charge < -0.3 is 25.2 Å². The van der Waals surface area contributed by atoms with Crippen molar-refractivity contribution in [3.8, 4) is 5.75 Å². The zero-order valence-electron chi connectivity index (χ0n) is 17.6. The summed E-state index contributed by atoms with van der Waals surface area (Å²) in [5.41, 5.74) is 0. The second-order valence-corrected chi connectivity index (χ2v) is 8.44. The van der Waals surface area contributed by atoms with Gasteiger partial charge in [0.1, 0.15) is 5.75 Å². The maximum Gasteiger partial charge on any atom is 0.303 e. The fourth-order valence-corrected chi connectivity index (χ4v) is 4.02. The summed E-state index contributed by atoms with van der Waals surface area (Å²) in [4.78, 5) is 10.5. The van der Waals surface area contributed by atoms with Crippen molar-refractivity contribution in [2.75, 3.05) is 6.61 Å². The minimum absolute atomic E-state index is 0.125. The molecule has 1 saturated carbocycles. The second kappa shape index (κ2) is 13.5. The number of benzene rings is 1. The fourth-order valence-electron chi connectivity index (χ4n) is 3.84. The largest absolute Gasteiger partial charge is 0.494 e. The Bertz CT molecular complexity index is 735. The van der Waals surface area contributed by atoms with Crippen LogP contribution in [0.2, 0.25) is 5.02 Å². The molecule has 31 heavy (non-hydrogen) atoms. The minimum Gasteiger partial charge on any atom is -0.494 e. The number of rotatable bonds is 13. The van der Waals surface area contributed by atoms with Gasteiger partial charge in [-0.15, -0.1) is 0 Å². The number of aliphatic carboxylic acids is 1. The molecule has 1 aliphatic rings. The lowest BCUT2D eigenvalue weighted by Gasteiger charge is -2.19. The van der Waals surface area contributed by atoms with Crippen LogP contribution >= 0.6 is 11.6 Å². The molecule has 0 aromatic heterocycles. The van der Waals surface area contributed by atoms with Gasteiger partial charge >= 0.3 is 5.97 Å². The van der Waals surface area contributed by atoms with Gasteiger partial charge in [0.2, 0.25) is 0 Å². The highest BCUT2D eigenvalue weighted by Crippen LogP contribution is 2.36. The van der Waals surface area contributed by atoms with Crippen LogP contribution in [0.4, 0.5) is 0 Å². The number of aliphatic hydroxyl groups excluding tert-OH is 3. The number of hydrogen-bond acceptors (Lipinski definition) is 5. The first-order chi connectivity index (χ1) is 14.9. The normalized spacial score (nSPS) is 24.8. The number of halogens is 1. The van der Waals surface area contributed by atoms with Crippen LogP contribution in [0.25, 0.3) is 0 Å². The Morgan fingerprint density at radius 2 is 2.03 bits per heavy atom. The van der Waals surface area contributed by atoms with Crippen LogP contribution in [0.5, 0.6) is 5.75 Å². The van der Waals surface area contributed by atoms with Crippen LogP contribution in [0.3, 0.4) is 0 Å². The van der Waals surface area contributed by atoms with E-state index in [2.05, 4.69) is 0 Å². The summed E-state index contributed by atoms with van der Waals surface area (Å²) in [7, 11) is 0. The summed E-state index contributed by atoms with van der Waals surface area (Å²) in [6.45, 7) is 0.464. The molecule has 1 aliphatic carbocycles. The standard InChI is InChI=1S/C24H33ClO6/c25-17-7-5-9-19(15-17)31-14-6-8-18(26)12-13-21-20(22(27)16-23(21)28)10-3-1-2-4-11-24(29)30/h1,3,5,7,9,12-13,15,18,20-23,26-28H,2,4,6,8,10-11,14,16H2,(H,29,30)/b3-1-,13-12+/t18-,20+,21+,22-,23+/m0/s1. The molecule has 0 heterocycles. The molecule has 0 bridgehead atoms. The first-order valence-electron chi connectivity index (χ1n) is 10.8. The summed E-state index contributed by atoms with van der Waals surface area (Å²) in [5.74, 6) is -0.460. The first kappa shape index (κ1) is 25.4. The van der Waals surface area contributed by atoms with Gasteiger partial charge in [0, 0.05) is 23.8 Å². The van der Waals surface area contributed by atoms with E-state index in [0.29, 0.717) is 55.9 Å². The van der Waals surface area contributed by atoms with E-state index >= 15 is 0 Å². The van der Waals surface area contributed by atoms with Crippen molar-refractivity contribution in [2.45, 2.75) is 63.3 Å². The van der Waals surface area contributed by atoms with Crippen molar-refractivity contribution < 1.29 is 30.0 Å². The molecular weight excluding hydrogens is 420 g/mol. The van der Waals surface area contributed by atoms with Gasteiger partial charge in [0.25, 0.3) is 0 Å². The van der Waals surface area contributed by atoms with Crippen molar-refractivity contribution in [1.29, 1.82) is 0 Å². The minimum atomic E-state index is -0.803. The molecule has 1 aromatic carbocycles. The fraction of sp³-hybridized carbons (Fsp3) is 0.542. The third-order valence-corrected chi connectivity index (χ3v) is 5.75. The average molecular weight is 453 g/mol. The van der Waals surface area contributed by atoms with E-state index in [0.717, 1.165) is 0 Å². The Labute approximate surface area is 188 Å². The van der Waals surface area contributed by atoms with Crippen molar-refractivity contribution >= 4 is 17.6 Å². The molecule has 172 valence electrons. The van der Waals surface area contributed by atoms with E-state index in [1.165, 1.54) is 0 Å². The van der Waals surface area contributed by atoms with Gasteiger partial charge in [-0.25, -0.2) is 0 Å². The van der Waals surface area contributed by atoms with E-state index in [4.69, 9.17) is 21.4 Å². The van der Waals surface area contributed by atoms with Crippen LogP contribution in [-0.4, -0.2) is 51.3 Å². The SMILES string of the molecule is O=C(O)CCC/C=C\C[C@@H]1[C@@H](/C=C/[C@@H](O)CCCOc2cccc(Cl)c2)[C@H](O)C[C@@H]1O. The van der Waals surface area contributed by atoms with Gasteiger partial charge in [-0.3, -0.25) is 4.79 Å². The lowest BCUT2D eigenvalue weighted by atomic mass is 9.89. The molecule has 2 rings (SSSR count). The molecule has 6 nitrogen and oxygen atoms in total. The lowest BCUT2D eigenvalue weighted by Crippen LogP contribution is -2.20. The Morgan fingerprint density at radius 3 is 2.77 bits per heavy atom. The van der Waals surface area contributed by atoms with Crippen LogP contribution in [0.1, 0.15) is 44.9 Å². The number of hydrogen-bond donors (Lipinski definition) is 4. The molecule has 0 radical (unpaired) electrons. The highest BCUT2D eigenvalue weighted by Gasteiger charge is 2.39. The van der Waals surface area contributed by atoms with Gasteiger partial charge in [-0.1, -0.05) is 42.0 Å². The predicted molar refractivity (Wildman–Crippen MR) is 120 cm³/mol. The van der Waals surface area contributed by atoms with Crippen molar-refractivity contribution in [3.05, 3.63) is 53.6 Å². The molecule has 0 saturated heterocycles. The number of carboxylic acid groups (broad SMARTS) is 1.